The fourth-order valence-corrected chi connectivity index (χ4v) is 1.46. The smallest absolute Gasteiger partial charge is 0.416 e. The number of rotatable bonds is 3. The van der Waals surface area contributed by atoms with E-state index in [2.05, 4.69) is 4.74 Å². The molecule has 1 aromatic carbocycles. The van der Waals surface area contributed by atoms with Crippen molar-refractivity contribution >= 4 is 5.97 Å². The van der Waals surface area contributed by atoms with Crippen LogP contribution in [-0.2, 0) is 15.7 Å². The summed E-state index contributed by atoms with van der Waals surface area (Å²) in [6.45, 7) is 0. The molecule has 19 heavy (non-hydrogen) atoms. The summed E-state index contributed by atoms with van der Waals surface area (Å²) in [4.78, 5) is 11.0. The molecule has 106 valence electrons. The molecule has 1 aromatic rings. The molecule has 2 N–H and O–H groups in total. The fraction of sp³-hybridized carbons (Fsp3) is 0.364. The van der Waals surface area contributed by atoms with Gasteiger partial charge < -0.3 is 14.9 Å². The lowest BCUT2D eigenvalue weighted by Crippen LogP contribution is -2.30. The van der Waals surface area contributed by atoms with Crippen molar-refractivity contribution in [2.24, 2.45) is 0 Å². The molecule has 0 amide bonds. The molecule has 1 rings (SSSR count). The van der Waals surface area contributed by atoms with Gasteiger partial charge in [-0.25, -0.2) is 9.18 Å². The highest BCUT2D eigenvalue weighted by Gasteiger charge is 2.38. The van der Waals surface area contributed by atoms with Crippen LogP contribution < -0.4 is 0 Å². The van der Waals surface area contributed by atoms with E-state index in [-0.39, 0.29) is 0 Å². The number of aliphatic hydroxyl groups excluding tert-OH is 2. The zero-order valence-corrected chi connectivity index (χ0v) is 9.61. The lowest BCUT2D eigenvalue weighted by Gasteiger charge is -2.20. The van der Waals surface area contributed by atoms with Gasteiger partial charge in [-0.2, -0.15) is 13.2 Å². The molecular weight excluding hydrogens is 272 g/mol. The van der Waals surface area contributed by atoms with Crippen LogP contribution >= 0.6 is 0 Å². The molecule has 0 saturated carbocycles. The van der Waals surface area contributed by atoms with Crippen LogP contribution in [0.2, 0.25) is 0 Å². The quantitative estimate of drug-likeness (QED) is 0.650. The number of esters is 1. The van der Waals surface area contributed by atoms with Gasteiger partial charge in [0.05, 0.1) is 12.7 Å². The summed E-state index contributed by atoms with van der Waals surface area (Å²) in [6.07, 6.45) is -9.35. The van der Waals surface area contributed by atoms with Crippen LogP contribution in [-0.4, -0.2) is 29.4 Å². The van der Waals surface area contributed by atoms with E-state index in [9.17, 15) is 32.6 Å². The summed E-state index contributed by atoms with van der Waals surface area (Å²) in [6, 6.07) is 1.38. The van der Waals surface area contributed by atoms with Crippen LogP contribution in [0, 0.1) is 5.82 Å². The molecule has 0 aliphatic heterocycles. The van der Waals surface area contributed by atoms with Crippen molar-refractivity contribution in [2.45, 2.75) is 18.4 Å². The minimum Gasteiger partial charge on any atom is -0.467 e. The number of carbonyl (C=O) groups excluding carboxylic acids is 1. The first-order valence-electron chi connectivity index (χ1n) is 4.99. The van der Waals surface area contributed by atoms with Crippen LogP contribution in [0.4, 0.5) is 17.6 Å². The second-order valence-corrected chi connectivity index (χ2v) is 3.64. The van der Waals surface area contributed by atoms with E-state index in [4.69, 9.17) is 0 Å². The van der Waals surface area contributed by atoms with Gasteiger partial charge in [-0.15, -0.1) is 0 Å². The monoisotopic (exact) mass is 282 g/mol. The molecule has 0 spiro atoms. The van der Waals surface area contributed by atoms with Gasteiger partial charge in [0.1, 0.15) is 11.9 Å². The number of halogens is 4. The first kappa shape index (κ1) is 15.4. The van der Waals surface area contributed by atoms with Gasteiger partial charge in [-0.05, 0) is 23.8 Å². The average Bonchev–Trinajstić information content (AvgIpc) is 2.34. The molecule has 4 nitrogen and oxygen atoms in total. The molecule has 8 heteroatoms. The Balaban J connectivity index is 3.25. The number of aliphatic hydroxyl groups is 2. The molecule has 0 aliphatic rings. The number of ether oxygens (including phenoxy) is 1. The Hall–Kier alpha value is -1.67. The number of hydrogen-bond acceptors (Lipinski definition) is 4. The van der Waals surface area contributed by atoms with Crippen molar-refractivity contribution in [3.05, 3.63) is 35.1 Å². The van der Waals surface area contributed by atoms with Gasteiger partial charge in [0.2, 0.25) is 0 Å². The molecule has 0 aromatic heterocycles. The molecule has 0 bridgehead atoms. The van der Waals surface area contributed by atoms with Gasteiger partial charge in [0, 0.05) is 0 Å². The third kappa shape index (κ3) is 3.42. The maximum absolute atomic E-state index is 13.0. The largest absolute Gasteiger partial charge is 0.467 e. The Morgan fingerprint density at radius 1 is 1.32 bits per heavy atom. The van der Waals surface area contributed by atoms with E-state index < -0.39 is 41.3 Å². The highest BCUT2D eigenvalue weighted by molar-refractivity contribution is 5.75. The number of hydrogen-bond donors (Lipinski definition) is 2. The van der Waals surface area contributed by atoms with Crippen LogP contribution in [0.3, 0.4) is 0 Å². The van der Waals surface area contributed by atoms with Crippen molar-refractivity contribution in [3.8, 4) is 0 Å². The standard InChI is InChI=1S/C11H10F4O4/c1-19-10(18)9(17)8(16)6-4-5(12)2-3-7(6)11(13,14)15/h2-4,8-9,16-17H,1H3. The van der Waals surface area contributed by atoms with Gasteiger partial charge in [-0.3, -0.25) is 0 Å². The third-order valence-electron chi connectivity index (χ3n) is 2.38. The summed E-state index contributed by atoms with van der Waals surface area (Å²) in [5.41, 5.74) is -2.28. The van der Waals surface area contributed by atoms with Crippen molar-refractivity contribution in [1.29, 1.82) is 0 Å². The Labute approximate surface area is 105 Å². The second-order valence-electron chi connectivity index (χ2n) is 3.64. The summed E-state index contributed by atoms with van der Waals surface area (Å²) in [5.74, 6) is -2.37. The lowest BCUT2D eigenvalue weighted by molar-refractivity contribution is -0.158. The molecule has 2 unspecified atom stereocenters. The molecule has 2 atom stereocenters. The van der Waals surface area contributed by atoms with E-state index in [1.54, 1.807) is 0 Å². The topological polar surface area (TPSA) is 66.8 Å². The molecule has 0 heterocycles. The van der Waals surface area contributed by atoms with E-state index in [1.807, 2.05) is 0 Å². The Kier molecular flexibility index (Phi) is 4.48. The summed E-state index contributed by atoms with van der Waals surface area (Å²) < 4.78 is 55.0. The van der Waals surface area contributed by atoms with Crippen LogP contribution in [0.25, 0.3) is 0 Å². The van der Waals surface area contributed by atoms with E-state index in [0.29, 0.717) is 18.2 Å². The first-order chi connectivity index (χ1) is 8.68. The Bertz CT molecular complexity index is 472. The number of alkyl halides is 3. The Morgan fingerprint density at radius 2 is 1.89 bits per heavy atom. The zero-order chi connectivity index (χ0) is 14.8. The minimum atomic E-state index is -4.86. The minimum absolute atomic E-state index is 0.402. The first-order valence-corrected chi connectivity index (χ1v) is 4.99. The average molecular weight is 282 g/mol. The van der Waals surface area contributed by atoms with Crippen molar-refractivity contribution in [2.75, 3.05) is 7.11 Å². The highest BCUT2D eigenvalue weighted by atomic mass is 19.4. The van der Waals surface area contributed by atoms with Crippen molar-refractivity contribution in [1.82, 2.24) is 0 Å². The number of methoxy groups -OCH3 is 1. The SMILES string of the molecule is COC(=O)C(O)C(O)c1cc(F)ccc1C(F)(F)F. The molecular formula is C11H10F4O4. The van der Waals surface area contributed by atoms with Gasteiger partial charge in [-0.1, -0.05) is 0 Å². The van der Waals surface area contributed by atoms with Crippen LogP contribution in [0.15, 0.2) is 18.2 Å². The highest BCUT2D eigenvalue weighted by Crippen LogP contribution is 2.36. The van der Waals surface area contributed by atoms with E-state index >= 15 is 0 Å². The van der Waals surface area contributed by atoms with E-state index in [1.165, 1.54) is 0 Å². The predicted molar refractivity (Wildman–Crippen MR) is 54.4 cm³/mol. The third-order valence-corrected chi connectivity index (χ3v) is 2.38. The van der Waals surface area contributed by atoms with E-state index in [0.717, 1.165) is 7.11 Å². The predicted octanol–water partition coefficient (Wildman–Crippen LogP) is 1.41. The molecule has 0 saturated heterocycles. The molecule has 0 fully saturated rings. The maximum atomic E-state index is 13.0. The zero-order valence-electron chi connectivity index (χ0n) is 9.61. The van der Waals surface area contributed by atoms with Gasteiger partial charge in [0.25, 0.3) is 0 Å². The second kappa shape index (κ2) is 5.54. The lowest BCUT2D eigenvalue weighted by atomic mass is 9.98. The van der Waals surface area contributed by atoms with Crippen molar-refractivity contribution < 1.29 is 37.3 Å². The fourth-order valence-electron chi connectivity index (χ4n) is 1.46. The summed E-state index contributed by atoms with van der Waals surface area (Å²) in [7, 11) is 0.883. The summed E-state index contributed by atoms with van der Waals surface area (Å²) >= 11 is 0. The van der Waals surface area contributed by atoms with Gasteiger partial charge in [0.15, 0.2) is 6.10 Å². The van der Waals surface area contributed by atoms with Crippen LogP contribution in [0.1, 0.15) is 17.2 Å². The summed E-state index contributed by atoms with van der Waals surface area (Å²) in [5, 5.41) is 18.8. The van der Waals surface area contributed by atoms with Crippen molar-refractivity contribution in [3.63, 3.8) is 0 Å². The van der Waals surface area contributed by atoms with Gasteiger partial charge >= 0.3 is 12.1 Å². The number of benzene rings is 1. The maximum Gasteiger partial charge on any atom is 0.416 e. The molecule has 0 aliphatic carbocycles. The number of carbonyl (C=O) groups is 1. The Morgan fingerprint density at radius 3 is 2.37 bits per heavy atom. The normalized spacial score (nSPS) is 14.9. The molecule has 0 radical (unpaired) electrons. The van der Waals surface area contributed by atoms with Crippen LogP contribution in [0.5, 0.6) is 0 Å².